The lowest BCUT2D eigenvalue weighted by Crippen LogP contribution is -2.39. The van der Waals surface area contributed by atoms with E-state index in [1.807, 2.05) is 23.9 Å². The molecule has 0 bridgehead atoms. The Morgan fingerprint density at radius 3 is 3.00 bits per heavy atom. The Labute approximate surface area is 131 Å². The van der Waals surface area contributed by atoms with Crippen LogP contribution in [0.15, 0.2) is 18.3 Å². The van der Waals surface area contributed by atoms with Gasteiger partial charge in [-0.15, -0.1) is 11.3 Å². The number of nitrogens with one attached hydrogen (secondary N) is 1. The highest BCUT2D eigenvalue weighted by molar-refractivity contribution is 7.99. The number of amides is 1. The highest BCUT2D eigenvalue weighted by Gasteiger charge is 2.17. The standard InChI is InChI=1S/C14H18N4OS2/c15-11-12-10(2-1-3-16-12)21-13(11)14(19)17-4-5-18-6-8-20-9-7-18/h1-3H,4-9,15H2,(H,17,19). The van der Waals surface area contributed by atoms with Gasteiger partial charge in [0.25, 0.3) is 5.91 Å². The molecule has 0 atom stereocenters. The van der Waals surface area contributed by atoms with E-state index >= 15 is 0 Å². The van der Waals surface area contributed by atoms with Crippen molar-refractivity contribution in [3.63, 3.8) is 0 Å². The van der Waals surface area contributed by atoms with Crippen molar-refractivity contribution in [3.05, 3.63) is 23.2 Å². The second kappa shape index (κ2) is 6.64. The van der Waals surface area contributed by atoms with Crippen LogP contribution in [0.3, 0.4) is 0 Å². The minimum absolute atomic E-state index is 0.0955. The van der Waals surface area contributed by atoms with E-state index < -0.39 is 0 Å². The quantitative estimate of drug-likeness (QED) is 0.896. The van der Waals surface area contributed by atoms with Crippen LogP contribution in [-0.4, -0.2) is 53.5 Å². The molecule has 1 aliphatic heterocycles. The maximum absolute atomic E-state index is 12.2. The summed E-state index contributed by atoms with van der Waals surface area (Å²) >= 11 is 3.39. The van der Waals surface area contributed by atoms with Crippen LogP contribution in [0.5, 0.6) is 0 Å². The van der Waals surface area contributed by atoms with Crippen LogP contribution in [0, 0.1) is 0 Å². The van der Waals surface area contributed by atoms with Gasteiger partial charge in [-0.2, -0.15) is 11.8 Å². The lowest BCUT2D eigenvalue weighted by molar-refractivity contribution is 0.0954. The van der Waals surface area contributed by atoms with Crippen molar-refractivity contribution in [3.8, 4) is 0 Å². The van der Waals surface area contributed by atoms with E-state index in [-0.39, 0.29) is 5.91 Å². The Morgan fingerprint density at radius 2 is 2.24 bits per heavy atom. The smallest absolute Gasteiger partial charge is 0.263 e. The average molecular weight is 322 g/mol. The molecule has 1 amide bonds. The molecule has 0 saturated carbocycles. The van der Waals surface area contributed by atoms with Gasteiger partial charge in [0, 0.05) is 43.9 Å². The van der Waals surface area contributed by atoms with Crippen molar-refractivity contribution >= 4 is 44.9 Å². The summed E-state index contributed by atoms with van der Waals surface area (Å²) in [7, 11) is 0. The number of carbonyl (C=O) groups is 1. The number of nitrogen functional groups attached to an aromatic ring is 1. The average Bonchev–Trinajstić information content (AvgIpc) is 2.86. The fraction of sp³-hybridized carbons (Fsp3) is 0.429. The summed E-state index contributed by atoms with van der Waals surface area (Å²) in [6.07, 6.45) is 1.70. The number of nitrogens with two attached hydrogens (primary N) is 1. The zero-order valence-corrected chi connectivity index (χ0v) is 13.3. The van der Waals surface area contributed by atoms with Crippen molar-refractivity contribution in [1.82, 2.24) is 15.2 Å². The molecule has 3 rings (SSSR count). The van der Waals surface area contributed by atoms with Crippen LogP contribution in [0.2, 0.25) is 0 Å². The highest BCUT2D eigenvalue weighted by atomic mass is 32.2. The molecule has 0 unspecified atom stereocenters. The fourth-order valence-electron chi connectivity index (χ4n) is 2.35. The molecule has 0 radical (unpaired) electrons. The van der Waals surface area contributed by atoms with E-state index in [1.165, 1.54) is 22.8 Å². The topological polar surface area (TPSA) is 71.2 Å². The van der Waals surface area contributed by atoms with E-state index in [1.54, 1.807) is 6.20 Å². The summed E-state index contributed by atoms with van der Waals surface area (Å²) in [5.74, 6) is 2.27. The van der Waals surface area contributed by atoms with Gasteiger partial charge in [0.05, 0.1) is 10.4 Å². The first kappa shape index (κ1) is 14.6. The minimum atomic E-state index is -0.0955. The molecule has 2 aromatic rings. The fourth-order valence-corrected chi connectivity index (χ4v) is 4.32. The van der Waals surface area contributed by atoms with Crippen molar-refractivity contribution in [2.45, 2.75) is 0 Å². The van der Waals surface area contributed by atoms with Gasteiger partial charge in [-0.3, -0.25) is 14.7 Å². The van der Waals surface area contributed by atoms with Gasteiger partial charge in [-0.25, -0.2) is 0 Å². The molecule has 7 heteroatoms. The molecule has 3 heterocycles. The summed E-state index contributed by atoms with van der Waals surface area (Å²) in [6, 6.07) is 3.79. The van der Waals surface area contributed by atoms with E-state index in [0.717, 1.165) is 29.9 Å². The maximum atomic E-state index is 12.2. The van der Waals surface area contributed by atoms with Crippen LogP contribution in [0.1, 0.15) is 9.67 Å². The third kappa shape index (κ3) is 3.30. The highest BCUT2D eigenvalue weighted by Crippen LogP contribution is 2.31. The van der Waals surface area contributed by atoms with E-state index in [4.69, 9.17) is 5.73 Å². The molecule has 112 valence electrons. The molecule has 1 aliphatic rings. The second-order valence-electron chi connectivity index (χ2n) is 4.90. The lowest BCUT2D eigenvalue weighted by Gasteiger charge is -2.25. The first-order chi connectivity index (χ1) is 10.3. The number of pyridine rings is 1. The third-order valence-electron chi connectivity index (χ3n) is 3.51. The second-order valence-corrected chi connectivity index (χ2v) is 7.18. The van der Waals surface area contributed by atoms with Crippen LogP contribution >= 0.6 is 23.1 Å². The lowest BCUT2D eigenvalue weighted by atomic mass is 10.3. The number of nitrogens with zero attached hydrogens (tertiary/aromatic N) is 2. The molecule has 3 N–H and O–H groups in total. The van der Waals surface area contributed by atoms with Gasteiger partial charge in [-0.1, -0.05) is 0 Å². The number of hydrogen-bond donors (Lipinski definition) is 2. The molecular formula is C14H18N4OS2. The van der Waals surface area contributed by atoms with Crippen LogP contribution < -0.4 is 11.1 Å². The van der Waals surface area contributed by atoms with E-state index in [0.29, 0.717) is 17.1 Å². The van der Waals surface area contributed by atoms with Crippen molar-refractivity contribution in [2.24, 2.45) is 0 Å². The Balaban J connectivity index is 1.60. The van der Waals surface area contributed by atoms with Crippen molar-refractivity contribution in [1.29, 1.82) is 0 Å². The molecule has 0 aliphatic carbocycles. The van der Waals surface area contributed by atoms with Gasteiger partial charge in [0.1, 0.15) is 10.4 Å². The SMILES string of the molecule is Nc1c(C(=O)NCCN2CCSCC2)sc2cccnc12. The van der Waals surface area contributed by atoms with Crippen LogP contribution in [0.4, 0.5) is 5.69 Å². The van der Waals surface area contributed by atoms with Crippen LogP contribution in [-0.2, 0) is 0 Å². The first-order valence-electron chi connectivity index (χ1n) is 6.97. The van der Waals surface area contributed by atoms with E-state index in [2.05, 4.69) is 15.2 Å². The number of anilines is 1. The van der Waals surface area contributed by atoms with E-state index in [9.17, 15) is 4.79 Å². The number of carbonyl (C=O) groups excluding carboxylic acids is 1. The summed E-state index contributed by atoms with van der Waals surface area (Å²) in [5, 5.41) is 2.96. The zero-order chi connectivity index (χ0) is 14.7. The van der Waals surface area contributed by atoms with Gasteiger partial charge in [-0.05, 0) is 12.1 Å². The molecule has 0 spiro atoms. The van der Waals surface area contributed by atoms with Gasteiger partial charge < -0.3 is 11.1 Å². The molecular weight excluding hydrogens is 304 g/mol. The van der Waals surface area contributed by atoms with Crippen molar-refractivity contribution < 1.29 is 4.79 Å². The van der Waals surface area contributed by atoms with Crippen LogP contribution in [0.25, 0.3) is 10.2 Å². The predicted molar refractivity (Wildman–Crippen MR) is 90.1 cm³/mol. The first-order valence-corrected chi connectivity index (χ1v) is 8.94. The number of thioether (sulfide) groups is 1. The summed E-state index contributed by atoms with van der Waals surface area (Å²) < 4.78 is 0.952. The minimum Gasteiger partial charge on any atom is -0.396 e. The number of aromatic nitrogens is 1. The zero-order valence-electron chi connectivity index (χ0n) is 11.7. The number of rotatable bonds is 4. The summed E-state index contributed by atoms with van der Waals surface area (Å²) in [5.41, 5.74) is 7.24. The largest absolute Gasteiger partial charge is 0.396 e. The Morgan fingerprint density at radius 1 is 1.43 bits per heavy atom. The molecule has 21 heavy (non-hydrogen) atoms. The maximum Gasteiger partial charge on any atom is 0.263 e. The molecule has 0 aromatic carbocycles. The third-order valence-corrected chi connectivity index (χ3v) is 5.61. The van der Waals surface area contributed by atoms with Crippen molar-refractivity contribution in [2.75, 3.05) is 43.4 Å². The number of hydrogen-bond acceptors (Lipinski definition) is 6. The molecule has 1 saturated heterocycles. The Bertz CT molecular complexity index is 637. The normalized spacial score (nSPS) is 16.2. The summed E-state index contributed by atoms with van der Waals surface area (Å²) in [6.45, 7) is 3.77. The predicted octanol–water partition coefficient (Wildman–Crippen LogP) is 1.66. The number of thiophene rings is 1. The van der Waals surface area contributed by atoms with Gasteiger partial charge in [0.15, 0.2) is 0 Å². The summed E-state index contributed by atoms with van der Waals surface area (Å²) in [4.78, 5) is 19.4. The van der Waals surface area contributed by atoms with Gasteiger partial charge >= 0.3 is 0 Å². The molecule has 5 nitrogen and oxygen atoms in total. The molecule has 2 aromatic heterocycles. The molecule has 1 fully saturated rings. The number of fused-ring (bicyclic) bond motifs is 1. The monoisotopic (exact) mass is 322 g/mol. The Kier molecular flexibility index (Phi) is 4.62. The van der Waals surface area contributed by atoms with Gasteiger partial charge in [0.2, 0.25) is 0 Å². The Hall–Kier alpha value is -1.31.